The molecule has 3 nitrogen and oxygen atoms in total. The highest BCUT2D eigenvalue weighted by Crippen LogP contribution is 2.32. The van der Waals surface area contributed by atoms with Crippen molar-refractivity contribution in [2.45, 2.75) is 39.2 Å². The molecule has 1 rings (SSSR count). The average Bonchev–Trinajstić information content (AvgIpc) is 2.83. The second kappa shape index (κ2) is 4.27. The number of nitriles is 1. The molecule has 0 radical (unpaired) electrons. The summed E-state index contributed by atoms with van der Waals surface area (Å²) >= 11 is 0. The van der Waals surface area contributed by atoms with Crippen molar-refractivity contribution in [3.8, 4) is 6.07 Å². The van der Waals surface area contributed by atoms with Crippen molar-refractivity contribution in [1.29, 1.82) is 5.26 Å². The van der Waals surface area contributed by atoms with Gasteiger partial charge in [-0.1, -0.05) is 0 Å². The third-order valence-electron chi connectivity index (χ3n) is 2.34. The molecule has 0 aliphatic heterocycles. The summed E-state index contributed by atoms with van der Waals surface area (Å²) in [5.74, 6) is 0.742. The zero-order valence-corrected chi connectivity index (χ0v) is 8.29. The Kier molecular flexibility index (Phi) is 3.30. The lowest BCUT2D eigenvalue weighted by atomic mass is 10.2. The molecule has 0 bridgehead atoms. The number of carbonyl (C=O) groups excluding carboxylic acids is 1. The molecule has 0 heterocycles. The molecule has 0 saturated heterocycles. The van der Waals surface area contributed by atoms with Gasteiger partial charge < -0.3 is 4.90 Å². The maximum absolute atomic E-state index is 11.6. The number of hydrogen-bond donors (Lipinski definition) is 0. The van der Waals surface area contributed by atoms with Crippen LogP contribution < -0.4 is 0 Å². The van der Waals surface area contributed by atoms with E-state index in [1.165, 1.54) is 12.8 Å². The second-order valence-corrected chi connectivity index (χ2v) is 3.92. The maximum atomic E-state index is 11.6. The van der Waals surface area contributed by atoms with E-state index < -0.39 is 0 Å². The average molecular weight is 180 g/mol. The molecule has 0 atom stereocenters. The molecule has 1 amide bonds. The molecule has 0 spiro atoms. The van der Waals surface area contributed by atoms with Crippen molar-refractivity contribution in [3.63, 3.8) is 0 Å². The Morgan fingerprint density at radius 3 is 2.62 bits per heavy atom. The molecule has 0 N–H and O–H groups in total. The molecule has 1 aliphatic rings. The second-order valence-electron chi connectivity index (χ2n) is 3.92. The summed E-state index contributed by atoms with van der Waals surface area (Å²) in [6.45, 7) is 4.12. The molecule has 1 aliphatic carbocycles. The lowest BCUT2D eigenvalue weighted by Crippen LogP contribution is -2.37. The summed E-state index contributed by atoms with van der Waals surface area (Å²) in [5, 5.41) is 8.54. The van der Waals surface area contributed by atoms with Crippen LogP contribution in [0.3, 0.4) is 0 Å². The summed E-state index contributed by atoms with van der Waals surface area (Å²) in [7, 11) is 0. The van der Waals surface area contributed by atoms with Gasteiger partial charge in [-0.2, -0.15) is 5.26 Å². The number of hydrogen-bond acceptors (Lipinski definition) is 2. The van der Waals surface area contributed by atoms with Gasteiger partial charge >= 0.3 is 0 Å². The molecule has 13 heavy (non-hydrogen) atoms. The monoisotopic (exact) mass is 180 g/mol. The van der Waals surface area contributed by atoms with Gasteiger partial charge in [0.25, 0.3) is 0 Å². The first kappa shape index (κ1) is 10.0. The molecule has 1 saturated carbocycles. The van der Waals surface area contributed by atoms with Crippen LogP contribution in [0.15, 0.2) is 0 Å². The van der Waals surface area contributed by atoms with Crippen LogP contribution in [0.5, 0.6) is 0 Å². The van der Waals surface area contributed by atoms with E-state index in [1.54, 1.807) is 4.90 Å². The van der Waals surface area contributed by atoms with Crippen LogP contribution in [-0.4, -0.2) is 23.4 Å². The summed E-state index contributed by atoms with van der Waals surface area (Å²) in [5.41, 5.74) is 0. The van der Waals surface area contributed by atoms with Gasteiger partial charge in [0.1, 0.15) is 6.54 Å². The highest BCUT2D eigenvalue weighted by Gasteiger charge is 2.27. The fourth-order valence-electron chi connectivity index (χ4n) is 1.32. The van der Waals surface area contributed by atoms with Crippen LogP contribution in [0.2, 0.25) is 0 Å². The first-order chi connectivity index (χ1) is 6.15. The topological polar surface area (TPSA) is 44.1 Å². The Balaban J connectivity index is 2.42. The van der Waals surface area contributed by atoms with Crippen molar-refractivity contribution < 1.29 is 4.79 Å². The van der Waals surface area contributed by atoms with Crippen LogP contribution in [-0.2, 0) is 4.79 Å². The molecule has 72 valence electrons. The zero-order chi connectivity index (χ0) is 9.84. The molecule has 0 aromatic carbocycles. The molecular weight excluding hydrogens is 164 g/mol. The first-order valence-corrected chi connectivity index (χ1v) is 4.81. The number of nitrogens with zero attached hydrogens (tertiary/aromatic N) is 2. The first-order valence-electron chi connectivity index (χ1n) is 4.81. The molecule has 0 unspecified atom stereocenters. The minimum atomic E-state index is 0.138. The van der Waals surface area contributed by atoms with Crippen molar-refractivity contribution >= 4 is 5.91 Å². The number of amides is 1. The Labute approximate surface area is 79.3 Å². The predicted octanol–water partition coefficient (Wildman–Crippen LogP) is 1.55. The number of carbonyl (C=O) groups is 1. The van der Waals surface area contributed by atoms with Gasteiger partial charge in [-0.15, -0.1) is 0 Å². The Hall–Kier alpha value is -1.04. The van der Waals surface area contributed by atoms with E-state index >= 15 is 0 Å². The predicted molar refractivity (Wildman–Crippen MR) is 49.8 cm³/mol. The summed E-state index contributed by atoms with van der Waals surface area (Å²) < 4.78 is 0. The summed E-state index contributed by atoms with van der Waals surface area (Å²) in [4.78, 5) is 13.3. The molecule has 1 fully saturated rings. The molecule has 3 heteroatoms. The van der Waals surface area contributed by atoms with Crippen molar-refractivity contribution in [2.75, 3.05) is 6.54 Å². The minimum Gasteiger partial charge on any atom is -0.327 e. The van der Waals surface area contributed by atoms with Gasteiger partial charge in [-0.05, 0) is 32.6 Å². The zero-order valence-electron chi connectivity index (χ0n) is 8.29. The summed E-state index contributed by atoms with van der Waals surface area (Å²) in [6, 6.07) is 2.17. The Bertz CT molecular complexity index is 226. The van der Waals surface area contributed by atoms with E-state index in [-0.39, 0.29) is 18.5 Å². The van der Waals surface area contributed by atoms with Gasteiger partial charge in [-0.25, -0.2) is 0 Å². The fourth-order valence-corrected chi connectivity index (χ4v) is 1.32. The maximum Gasteiger partial charge on any atom is 0.223 e. The highest BCUT2D eigenvalue weighted by molar-refractivity contribution is 5.77. The van der Waals surface area contributed by atoms with Crippen LogP contribution >= 0.6 is 0 Å². The fraction of sp³-hybridized carbons (Fsp3) is 0.800. The van der Waals surface area contributed by atoms with Crippen molar-refractivity contribution in [1.82, 2.24) is 4.90 Å². The lowest BCUT2D eigenvalue weighted by Gasteiger charge is -2.23. The van der Waals surface area contributed by atoms with E-state index in [9.17, 15) is 4.79 Å². The lowest BCUT2D eigenvalue weighted by molar-refractivity contribution is -0.132. The SMILES string of the molecule is CC(C)N(CC#N)C(=O)CC1CC1. The van der Waals surface area contributed by atoms with Crippen LogP contribution in [0.1, 0.15) is 33.1 Å². The minimum absolute atomic E-state index is 0.138. The quantitative estimate of drug-likeness (QED) is 0.616. The van der Waals surface area contributed by atoms with E-state index in [2.05, 4.69) is 0 Å². The standard InChI is InChI=1S/C10H16N2O/c1-8(2)12(6-5-11)10(13)7-9-3-4-9/h8-9H,3-4,6-7H2,1-2H3. The van der Waals surface area contributed by atoms with Crippen molar-refractivity contribution in [3.05, 3.63) is 0 Å². The summed E-state index contributed by atoms with van der Waals surface area (Å²) in [6.07, 6.45) is 3.01. The third-order valence-corrected chi connectivity index (χ3v) is 2.34. The van der Waals surface area contributed by atoms with Gasteiger partial charge in [0, 0.05) is 12.5 Å². The van der Waals surface area contributed by atoms with Crippen molar-refractivity contribution in [2.24, 2.45) is 5.92 Å². The molecule has 0 aromatic heterocycles. The van der Waals surface area contributed by atoms with E-state index in [1.807, 2.05) is 19.9 Å². The third kappa shape index (κ3) is 3.06. The number of rotatable bonds is 4. The van der Waals surface area contributed by atoms with Crippen LogP contribution in [0, 0.1) is 17.2 Å². The van der Waals surface area contributed by atoms with E-state index in [4.69, 9.17) is 5.26 Å². The van der Waals surface area contributed by atoms with Crippen LogP contribution in [0.4, 0.5) is 0 Å². The van der Waals surface area contributed by atoms with Crippen LogP contribution in [0.25, 0.3) is 0 Å². The molecule has 0 aromatic rings. The largest absolute Gasteiger partial charge is 0.327 e. The Morgan fingerprint density at radius 2 is 2.23 bits per heavy atom. The van der Waals surface area contributed by atoms with Gasteiger partial charge in [0.15, 0.2) is 0 Å². The van der Waals surface area contributed by atoms with E-state index in [0.29, 0.717) is 12.3 Å². The Morgan fingerprint density at radius 1 is 1.62 bits per heavy atom. The van der Waals surface area contributed by atoms with E-state index in [0.717, 1.165) is 0 Å². The normalized spacial score (nSPS) is 15.5. The van der Waals surface area contributed by atoms with Gasteiger partial charge in [0.05, 0.1) is 6.07 Å². The van der Waals surface area contributed by atoms with Gasteiger partial charge in [-0.3, -0.25) is 4.79 Å². The smallest absolute Gasteiger partial charge is 0.223 e. The molecular formula is C10H16N2O. The highest BCUT2D eigenvalue weighted by atomic mass is 16.2. The van der Waals surface area contributed by atoms with Gasteiger partial charge in [0.2, 0.25) is 5.91 Å².